The maximum atomic E-state index is 13.1. The van der Waals surface area contributed by atoms with E-state index in [0.29, 0.717) is 23.8 Å². The normalized spacial score (nSPS) is 12.2. The largest absolute Gasteiger partial charge is 0.383 e. The number of rotatable bonds is 4. The summed E-state index contributed by atoms with van der Waals surface area (Å²) >= 11 is 0. The van der Waals surface area contributed by atoms with Crippen molar-refractivity contribution in [3.8, 4) is 6.07 Å². The van der Waals surface area contributed by atoms with Crippen molar-refractivity contribution < 1.29 is 4.39 Å². The highest BCUT2D eigenvalue weighted by atomic mass is 19.1. The van der Waals surface area contributed by atoms with E-state index in [1.54, 1.807) is 6.07 Å². The van der Waals surface area contributed by atoms with Crippen molar-refractivity contribution in [1.82, 2.24) is 4.90 Å². The number of anilines is 1. The number of benzene rings is 1. The Hall–Kier alpha value is -1.60. The molecule has 16 heavy (non-hydrogen) atoms. The summed E-state index contributed by atoms with van der Waals surface area (Å²) in [6.45, 7) is 2.78. The van der Waals surface area contributed by atoms with Crippen LogP contribution in [0.1, 0.15) is 12.5 Å². The molecule has 0 bridgehead atoms. The van der Waals surface area contributed by atoms with Crippen LogP contribution in [-0.2, 0) is 0 Å². The first-order valence-electron chi connectivity index (χ1n) is 5.14. The fourth-order valence-corrected chi connectivity index (χ4v) is 1.20. The first-order valence-corrected chi connectivity index (χ1v) is 5.14. The van der Waals surface area contributed by atoms with E-state index in [1.165, 1.54) is 12.1 Å². The molecule has 0 aliphatic carbocycles. The highest BCUT2D eigenvalue weighted by Crippen LogP contribution is 2.13. The molecule has 0 spiro atoms. The van der Waals surface area contributed by atoms with E-state index >= 15 is 0 Å². The third kappa shape index (κ3) is 3.52. The lowest BCUT2D eigenvalue weighted by molar-refractivity contribution is 0.326. The van der Waals surface area contributed by atoms with Crippen LogP contribution in [-0.4, -0.2) is 31.6 Å². The average molecular weight is 221 g/mol. The van der Waals surface area contributed by atoms with Gasteiger partial charge < -0.3 is 10.2 Å². The van der Waals surface area contributed by atoms with Gasteiger partial charge in [-0.05, 0) is 39.2 Å². The van der Waals surface area contributed by atoms with Gasteiger partial charge in [0.15, 0.2) is 0 Å². The SMILES string of the molecule is CC(CNc1cc(F)cc(C#N)c1)N(C)C. The van der Waals surface area contributed by atoms with Gasteiger partial charge in [-0.3, -0.25) is 0 Å². The second-order valence-corrected chi connectivity index (χ2v) is 4.03. The van der Waals surface area contributed by atoms with Gasteiger partial charge in [0.2, 0.25) is 0 Å². The first kappa shape index (κ1) is 12.5. The molecule has 1 atom stereocenters. The minimum Gasteiger partial charge on any atom is -0.383 e. The van der Waals surface area contributed by atoms with Gasteiger partial charge in [-0.25, -0.2) is 4.39 Å². The Morgan fingerprint density at radius 2 is 2.12 bits per heavy atom. The molecule has 1 N–H and O–H groups in total. The molecule has 1 aromatic carbocycles. The smallest absolute Gasteiger partial charge is 0.126 e. The lowest BCUT2D eigenvalue weighted by atomic mass is 10.2. The molecule has 4 heteroatoms. The van der Waals surface area contributed by atoms with Crippen LogP contribution < -0.4 is 5.32 Å². The van der Waals surface area contributed by atoms with Crippen molar-refractivity contribution in [2.24, 2.45) is 0 Å². The van der Waals surface area contributed by atoms with Crippen LogP contribution >= 0.6 is 0 Å². The maximum absolute atomic E-state index is 13.1. The monoisotopic (exact) mass is 221 g/mol. The zero-order chi connectivity index (χ0) is 12.1. The topological polar surface area (TPSA) is 39.1 Å². The molecule has 0 radical (unpaired) electrons. The molecule has 3 nitrogen and oxygen atoms in total. The Morgan fingerprint density at radius 3 is 2.69 bits per heavy atom. The van der Waals surface area contributed by atoms with Crippen LogP contribution in [0.25, 0.3) is 0 Å². The van der Waals surface area contributed by atoms with Crippen molar-refractivity contribution in [2.75, 3.05) is 26.0 Å². The fraction of sp³-hybridized carbons (Fsp3) is 0.417. The number of hydrogen-bond acceptors (Lipinski definition) is 3. The standard InChI is InChI=1S/C12H16FN3/c1-9(16(2)3)8-15-12-5-10(7-14)4-11(13)6-12/h4-6,9,15H,8H2,1-3H3. The van der Waals surface area contributed by atoms with E-state index in [-0.39, 0.29) is 5.82 Å². The van der Waals surface area contributed by atoms with Crippen molar-refractivity contribution in [3.05, 3.63) is 29.6 Å². The van der Waals surface area contributed by atoms with Crippen molar-refractivity contribution in [2.45, 2.75) is 13.0 Å². The third-order valence-electron chi connectivity index (χ3n) is 2.51. The maximum Gasteiger partial charge on any atom is 0.126 e. The number of nitrogens with zero attached hydrogens (tertiary/aromatic N) is 2. The molecule has 1 rings (SSSR count). The summed E-state index contributed by atoms with van der Waals surface area (Å²) in [7, 11) is 3.97. The molecule has 86 valence electrons. The molecule has 1 unspecified atom stereocenters. The molecule has 1 aromatic rings. The molecule has 0 aromatic heterocycles. The molecule has 0 aliphatic rings. The first-order chi connectivity index (χ1) is 7.52. The molecule has 0 saturated heterocycles. The van der Waals surface area contributed by atoms with Crippen molar-refractivity contribution >= 4 is 5.69 Å². The summed E-state index contributed by atoms with van der Waals surface area (Å²) in [5.74, 6) is -0.390. The fourth-order valence-electron chi connectivity index (χ4n) is 1.20. The van der Waals surface area contributed by atoms with Gasteiger partial charge in [0.1, 0.15) is 5.82 Å². The van der Waals surface area contributed by atoms with E-state index in [0.717, 1.165) is 0 Å². The summed E-state index contributed by atoms with van der Waals surface area (Å²) in [6, 6.07) is 6.53. The van der Waals surface area contributed by atoms with E-state index in [1.807, 2.05) is 20.2 Å². The number of halogens is 1. The molecular weight excluding hydrogens is 205 g/mol. The molecule has 0 heterocycles. The van der Waals surface area contributed by atoms with E-state index < -0.39 is 0 Å². The molecular formula is C12H16FN3. The summed E-state index contributed by atoms with van der Waals surface area (Å²) in [4.78, 5) is 2.07. The van der Waals surface area contributed by atoms with Gasteiger partial charge in [-0.2, -0.15) is 5.26 Å². The Morgan fingerprint density at radius 1 is 1.44 bits per heavy atom. The predicted molar refractivity (Wildman–Crippen MR) is 62.8 cm³/mol. The average Bonchev–Trinajstić information content (AvgIpc) is 2.24. The number of likely N-dealkylation sites (N-methyl/N-ethyl adjacent to an activating group) is 1. The Labute approximate surface area is 95.5 Å². The van der Waals surface area contributed by atoms with Gasteiger partial charge in [-0.15, -0.1) is 0 Å². The highest BCUT2D eigenvalue weighted by molar-refractivity contribution is 5.49. The van der Waals surface area contributed by atoms with Crippen LogP contribution in [0.4, 0.5) is 10.1 Å². The van der Waals surface area contributed by atoms with Gasteiger partial charge >= 0.3 is 0 Å². The Balaban J connectivity index is 2.68. The zero-order valence-corrected chi connectivity index (χ0v) is 9.79. The van der Waals surface area contributed by atoms with E-state index in [4.69, 9.17) is 5.26 Å². The Kier molecular flexibility index (Phi) is 4.27. The van der Waals surface area contributed by atoms with Crippen LogP contribution in [0.5, 0.6) is 0 Å². The summed E-state index contributed by atoms with van der Waals surface area (Å²) in [5, 5.41) is 11.8. The number of nitriles is 1. The van der Waals surface area contributed by atoms with Crippen LogP contribution in [0.15, 0.2) is 18.2 Å². The number of hydrogen-bond donors (Lipinski definition) is 1. The molecule has 0 saturated carbocycles. The molecule has 0 aliphatic heterocycles. The quantitative estimate of drug-likeness (QED) is 0.845. The van der Waals surface area contributed by atoms with Gasteiger partial charge in [0.25, 0.3) is 0 Å². The van der Waals surface area contributed by atoms with Crippen LogP contribution in [0, 0.1) is 17.1 Å². The third-order valence-corrected chi connectivity index (χ3v) is 2.51. The number of nitrogens with one attached hydrogen (secondary N) is 1. The van der Waals surface area contributed by atoms with E-state index in [9.17, 15) is 4.39 Å². The lowest BCUT2D eigenvalue weighted by Crippen LogP contribution is -2.31. The summed E-state index contributed by atoms with van der Waals surface area (Å²) in [5.41, 5.74) is 0.977. The van der Waals surface area contributed by atoms with Crippen LogP contribution in [0.2, 0.25) is 0 Å². The van der Waals surface area contributed by atoms with Gasteiger partial charge in [0, 0.05) is 18.3 Å². The Bertz CT molecular complexity index is 396. The lowest BCUT2D eigenvalue weighted by Gasteiger charge is -2.20. The molecule has 0 amide bonds. The van der Waals surface area contributed by atoms with Crippen molar-refractivity contribution in [3.63, 3.8) is 0 Å². The predicted octanol–water partition coefficient (Wildman–Crippen LogP) is 2.06. The minimum absolute atomic E-state index is 0.333. The second-order valence-electron chi connectivity index (χ2n) is 4.03. The van der Waals surface area contributed by atoms with Crippen molar-refractivity contribution in [1.29, 1.82) is 5.26 Å². The second kappa shape index (κ2) is 5.47. The van der Waals surface area contributed by atoms with Crippen LogP contribution in [0.3, 0.4) is 0 Å². The van der Waals surface area contributed by atoms with Gasteiger partial charge in [-0.1, -0.05) is 0 Å². The molecule has 0 fully saturated rings. The summed E-state index contributed by atoms with van der Waals surface area (Å²) < 4.78 is 13.1. The minimum atomic E-state index is -0.390. The zero-order valence-electron chi connectivity index (χ0n) is 9.79. The van der Waals surface area contributed by atoms with Gasteiger partial charge in [0.05, 0.1) is 11.6 Å². The summed E-state index contributed by atoms with van der Waals surface area (Å²) in [6.07, 6.45) is 0. The van der Waals surface area contributed by atoms with E-state index in [2.05, 4.69) is 17.1 Å². The highest BCUT2D eigenvalue weighted by Gasteiger charge is 2.05.